The lowest BCUT2D eigenvalue weighted by molar-refractivity contribution is -0.135. The van der Waals surface area contributed by atoms with E-state index in [4.69, 9.17) is 11.6 Å². The number of piperazine rings is 1. The molecule has 0 radical (unpaired) electrons. The number of likely N-dealkylation sites (tertiary alicyclic amines) is 1. The molecule has 1 aromatic carbocycles. The molecular weight excluding hydrogens is 393 g/mol. The van der Waals surface area contributed by atoms with Crippen molar-refractivity contribution >= 4 is 23.5 Å². The molecule has 2 fully saturated rings. The van der Waals surface area contributed by atoms with Crippen LogP contribution in [0.3, 0.4) is 0 Å². The van der Waals surface area contributed by atoms with Crippen LogP contribution in [-0.2, 0) is 11.2 Å². The van der Waals surface area contributed by atoms with Crippen molar-refractivity contribution in [2.24, 2.45) is 4.99 Å². The van der Waals surface area contributed by atoms with Crippen molar-refractivity contribution in [1.29, 1.82) is 0 Å². The van der Waals surface area contributed by atoms with Gasteiger partial charge in [0, 0.05) is 57.9 Å². The third kappa shape index (κ3) is 5.60. The zero-order valence-corrected chi connectivity index (χ0v) is 18.1. The molecule has 160 valence electrons. The molecule has 1 aromatic rings. The van der Waals surface area contributed by atoms with Gasteiger partial charge in [-0.05, 0) is 43.9 Å². The Bertz CT molecular complexity index is 730. The lowest BCUT2D eigenvalue weighted by atomic mass is 10.1. The minimum atomic E-state index is -0.321. The highest BCUT2D eigenvalue weighted by Gasteiger charge is 2.30. The van der Waals surface area contributed by atoms with Crippen molar-refractivity contribution in [3.8, 4) is 0 Å². The number of halogens is 2. The predicted molar refractivity (Wildman–Crippen MR) is 115 cm³/mol. The minimum Gasteiger partial charge on any atom is -0.356 e. The molecular formula is C21H31ClFN5O. The van der Waals surface area contributed by atoms with Gasteiger partial charge < -0.3 is 15.1 Å². The van der Waals surface area contributed by atoms with Crippen molar-refractivity contribution in [2.45, 2.75) is 32.2 Å². The number of rotatable bonds is 5. The molecule has 3 rings (SSSR count). The van der Waals surface area contributed by atoms with Gasteiger partial charge in [0.1, 0.15) is 5.82 Å². The Morgan fingerprint density at radius 3 is 2.48 bits per heavy atom. The first-order valence-electron chi connectivity index (χ1n) is 10.4. The van der Waals surface area contributed by atoms with Crippen LogP contribution in [0.1, 0.15) is 25.3 Å². The van der Waals surface area contributed by atoms with Crippen molar-refractivity contribution < 1.29 is 9.18 Å². The summed E-state index contributed by atoms with van der Waals surface area (Å²) in [4.78, 5) is 23.5. The lowest BCUT2D eigenvalue weighted by Crippen LogP contribution is -2.57. The molecule has 1 N–H and O–H groups in total. The number of guanidine groups is 1. The molecule has 1 unspecified atom stereocenters. The number of nitrogens with one attached hydrogen (secondary N) is 1. The van der Waals surface area contributed by atoms with Crippen molar-refractivity contribution in [2.75, 3.05) is 52.9 Å². The van der Waals surface area contributed by atoms with Gasteiger partial charge in [0.25, 0.3) is 0 Å². The summed E-state index contributed by atoms with van der Waals surface area (Å²) in [7, 11) is 1.78. The number of hydrogen-bond acceptors (Lipinski definition) is 3. The summed E-state index contributed by atoms with van der Waals surface area (Å²) in [6.45, 7) is 7.83. The number of nitrogens with zero attached hydrogens (tertiary/aromatic N) is 4. The molecule has 29 heavy (non-hydrogen) atoms. The van der Waals surface area contributed by atoms with Crippen LogP contribution in [0.15, 0.2) is 23.2 Å². The van der Waals surface area contributed by atoms with Gasteiger partial charge in [0.05, 0.1) is 6.04 Å². The molecule has 0 aromatic heterocycles. The Hall–Kier alpha value is -1.86. The maximum atomic E-state index is 13.2. The van der Waals surface area contributed by atoms with Crippen LogP contribution in [0, 0.1) is 5.82 Å². The van der Waals surface area contributed by atoms with Crippen molar-refractivity contribution in [1.82, 2.24) is 20.0 Å². The van der Waals surface area contributed by atoms with E-state index in [0.717, 1.165) is 63.6 Å². The minimum absolute atomic E-state index is 0.0640. The maximum Gasteiger partial charge on any atom is 0.239 e. The zero-order valence-electron chi connectivity index (χ0n) is 17.3. The summed E-state index contributed by atoms with van der Waals surface area (Å²) in [5, 5.41) is 3.82. The molecule has 0 saturated carbocycles. The van der Waals surface area contributed by atoms with Crippen LogP contribution >= 0.6 is 11.6 Å². The standard InChI is InChI=1S/C21H31ClFN5O/c1-16(20(29)27-9-3-4-10-27)26-11-13-28(14-12-26)21(24-2)25-8-7-17-5-6-18(23)15-19(17)22/h5-6,15-16H,3-4,7-14H2,1-2H3,(H,24,25). The average Bonchev–Trinajstić information content (AvgIpc) is 3.26. The molecule has 0 aliphatic carbocycles. The molecule has 1 atom stereocenters. The topological polar surface area (TPSA) is 51.2 Å². The first-order valence-corrected chi connectivity index (χ1v) is 10.8. The summed E-state index contributed by atoms with van der Waals surface area (Å²) < 4.78 is 13.2. The Kier molecular flexibility index (Phi) is 7.72. The fourth-order valence-electron chi connectivity index (χ4n) is 4.04. The molecule has 2 heterocycles. The first kappa shape index (κ1) is 21.8. The second kappa shape index (κ2) is 10.3. The molecule has 6 nitrogen and oxygen atoms in total. The Balaban J connectivity index is 1.45. The Morgan fingerprint density at radius 1 is 1.17 bits per heavy atom. The SMILES string of the molecule is CN=C(NCCc1ccc(F)cc1Cl)N1CCN(C(C)C(=O)N2CCCC2)CC1. The van der Waals surface area contributed by atoms with Gasteiger partial charge in [-0.2, -0.15) is 0 Å². The average molecular weight is 424 g/mol. The second-order valence-corrected chi connectivity index (χ2v) is 8.10. The number of amides is 1. The zero-order chi connectivity index (χ0) is 20.8. The molecule has 1 amide bonds. The van der Waals surface area contributed by atoms with Gasteiger partial charge in [-0.25, -0.2) is 4.39 Å². The molecule has 0 spiro atoms. The van der Waals surface area contributed by atoms with Crippen LogP contribution in [0.5, 0.6) is 0 Å². The van der Waals surface area contributed by atoms with Gasteiger partial charge in [-0.3, -0.25) is 14.7 Å². The number of benzene rings is 1. The summed E-state index contributed by atoms with van der Waals surface area (Å²) in [5.74, 6) is 0.786. The van der Waals surface area contributed by atoms with Gasteiger partial charge in [0.15, 0.2) is 5.96 Å². The van der Waals surface area contributed by atoms with E-state index in [1.165, 1.54) is 12.1 Å². The van der Waals surface area contributed by atoms with E-state index in [1.807, 2.05) is 11.8 Å². The van der Waals surface area contributed by atoms with Crippen LogP contribution in [-0.4, -0.2) is 85.5 Å². The normalized spacial score (nSPS) is 19.5. The van der Waals surface area contributed by atoms with Crippen LogP contribution in [0.4, 0.5) is 4.39 Å². The third-order valence-corrected chi connectivity index (χ3v) is 6.19. The second-order valence-electron chi connectivity index (χ2n) is 7.69. The fraction of sp³-hybridized carbons (Fsp3) is 0.619. The summed E-state index contributed by atoms with van der Waals surface area (Å²) in [6, 6.07) is 4.43. The maximum absolute atomic E-state index is 13.2. The van der Waals surface area contributed by atoms with Gasteiger partial charge in [-0.15, -0.1) is 0 Å². The number of aliphatic imine (C=N–C) groups is 1. The quantitative estimate of drug-likeness (QED) is 0.583. The predicted octanol–water partition coefficient (Wildman–Crippen LogP) is 2.23. The molecule has 2 aliphatic rings. The largest absolute Gasteiger partial charge is 0.356 e. The van der Waals surface area contributed by atoms with Gasteiger partial charge in [0.2, 0.25) is 5.91 Å². The van der Waals surface area contributed by atoms with Crippen LogP contribution in [0.25, 0.3) is 0 Å². The van der Waals surface area contributed by atoms with Gasteiger partial charge >= 0.3 is 0 Å². The van der Waals surface area contributed by atoms with Crippen LogP contribution in [0.2, 0.25) is 5.02 Å². The molecule has 2 aliphatic heterocycles. The van der Waals surface area contributed by atoms with Gasteiger partial charge in [-0.1, -0.05) is 17.7 Å². The van der Waals surface area contributed by atoms with E-state index in [0.29, 0.717) is 18.0 Å². The van der Waals surface area contributed by atoms with E-state index in [-0.39, 0.29) is 17.8 Å². The first-order chi connectivity index (χ1) is 14.0. The van der Waals surface area contributed by atoms with E-state index >= 15 is 0 Å². The van der Waals surface area contributed by atoms with E-state index in [9.17, 15) is 9.18 Å². The number of hydrogen-bond donors (Lipinski definition) is 1. The highest BCUT2D eigenvalue weighted by Crippen LogP contribution is 2.17. The smallest absolute Gasteiger partial charge is 0.239 e. The lowest BCUT2D eigenvalue weighted by Gasteiger charge is -2.39. The van der Waals surface area contributed by atoms with Crippen molar-refractivity contribution in [3.05, 3.63) is 34.6 Å². The summed E-state index contributed by atoms with van der Waals surface area (Å²) in [6.07, 6.45) is 2.94. The van der Waals surface area contributed by atoms with E-state index in [2.05, 4.69) is 20.1 Å². The van der Waals surface area contributed by atoms with Crippen LogP contribution < -0.4 is 5.32 Å². The highest BCUT2D eigenvalue weighted by molar-refractivity contribution is 6.31. The monoisotopic (exact) mass is 423 g/mol. The third-order valence-electron chi connectivity index (χ3n) is 5.84. The molecule has 2 saturated heterocycles. The molecule has 8 heteroatoms. The summed E-state index contributed by atoms with van der Waals surface area (Å²) >= 11 is 6.10. The number of carbonyl (C=O) groups excluding carboxylic acids is 1. The Labute approximate surface area is 177 Å². The van der Waals surface area contributed by atoms with Crippen molar-refractivity contribution in [3.63, 3.8) is 0 Å². The summed E-state index contributed by atoms with van der Waals surface area (Å²) in [5.41, 5.74) is 0.912. The fourth-order valence-corrected chi connectivity index (χ4v) is 4.31. The van der Waals surface area contributed by atoms with E-state index in [1.54, 1.807) is 13.1 Å². The Morgan fingerprint density at radius 2 is 1.86 bits per heavy atom. The number of carbonyl (C=O) groups is 1. The molecule has 0 bridgehead atoms. The van der Waals surface area contributed by atoms with E-state index < -0.39 is 0 Å². The highest BCUT2D eigenvalue weighted by atomic mass is 35.5.